The number of nitrogens with one attached hydrogen (secondary N) is 1. The zero-order valence-electron chi connectivity index (χ0n) is 20.0. The Kier molecular flexibility index (Phi) is 14.1. The quantitative estimate of drug-likeness (QED) is 0.165. The molecule has 0 bridgehead atoms. The van der Waals surface area contributed by atoms with Gasteiger partial charge in [0.05, 0.1) is 28.9 Å². The van der Waals surface area contributed by atoms with E-state index in [1.165, 1.54) is 63.0 Å². The number of nitrogens with zero attached hydrogens (tertiary/aromatic N) is 1. The molecule has 0 spiro atoms. The van der Waals surface area contributed by atoms with Gasteiger partial charge in [0.2, 0.25) is 0 Å². The molecule has 2 aromatic carbocycles. The average Bonchev–Trinajstić information content (AvgIpc) is 2.82. The lowest BCUT2D eigenvalue weighted by molar-refractivity contribution is 0.0133. The highest BCUT2D eigenvalue weighted by molar-refractivity contribution is 6.37. The van der Waals surface area contributed by atoms with Crippen molar-refractivity contribution in [1.82, 2.24) is 5.59 Å². The molecule has 0 heterocycles. The summed E-state index contributed by atoms with van der Waals surface area (Å²) < 4.78 is 5.85. The van der Waals surface area contributed by atoms with E-state index in [4.69, 9.17) is 37.6 Å². The second-order valence-electron chi connectivity index (χ2n) is 7.99. The van der Waals surface area contributed by atoms with Gasteiger partial charge < -0.3 is 9.57 Å². The van der Waals surface area contributed by atoms with E-state index in [0.717, 1.165) is 12.1 Å². The van der Waals surface area contributed by atoms with Crippen LogP contribution in [0.2, 0.25) is 10.0 Å². The molecule has 0 radical (unpaired) electrons. The third kappa shape index (κ3) is 10.9. The van der Waals surface area contributed by atoms with Crippen LogP contribution in [0.1, 0.15) is 78.1 Å². The molecule has 0 fully saturated rings. The Morgan fingerprint density at radius 2 is 1.36 bits per heavy atom. The van der Waals surface area contributed by atoms with Crippen LogP contribution in [0.15, 0.2) is 42.5 Å². The van der Waals surface area contributed by atoms with Gasteiger partial charge in [-0.1, -0.05) is 106 Å². The van der Waals surface area contributed by atoms with E-state index in [2.05, 4.69) is 12.5 Å². The molecular formula is C26H38Cl2N2O3. The minimum Gasteiger partial charge on any atom is -0.493 e. The van der Waals surface area contributed by atoms with Crippen LogP contribution < -0.4 is 20.3 Å². The second kappa shape index (κ2) is 16.9. The van der Waals surface area contributed by atoms with E-state index >= 15 is 0 Å². The normalized spacial score (nSPS) is 10.9. The summed E-state index contributed by atoms with van der Waals surface area (Å²) in [5.74, 6) is 0.947. The molecule has 0 atom stereocenters. The predicted molar refractivity (Wildman–Crippen MR) is 138 cm³/mol. The Hall–Kier alpha value is -1.66. The topological polar surface area (TPSA) is 43.0 Å². The molecule has 2 aromatic rings. The van der Waals surface area contributed by atoms with Crippen molar-refractivity contribution < 1.29 is 14.4 Å². The summed E-state index contributed by atoms with van der Waals surface area (Å²) in [7, 11) is 0. The molecule has 0 aromatic heterocycles. The van der Waals surface area contributed by atoms with Gasteiger partial charge in [-0.3, -0.25) is 4.84 Å². The first kappa shape index (κ1) is 27.6. The van der Waals surface area contributed by atoms with Crippen LogP contribution in [-0.2, 0) is 4.84 Å². The molecule has 0 aliphatic rings. The fourth-order valence-corrected chi connectivity index (χ4v) is 3.97. The number of benzene rings is 2. The predicted octanol–water partition coefficient (Wildman–Crippen LogP) is 8.55. The van der Waals surface area contributed by atoms with Gasteiger partial charge in [-0.25, -0.2) is 0 Å². The first-order valence-electron chi connectivity index (χ1n) is 12.2. The average molecular weight is 498 g/mol. The Morgan fingerprint density at radius 1 is 0.788 bits per heavy atom. The number of para-hydroxylation sites is 1. The van der Waals surface area contributed by atoms with Crippen LogP contribution in [0.25, 0.3) is 0 Å². The summed E-state index contributed by atoms with van der Waals surface area (Å²) >= 11 is 12.8. The Bertz CT molecular complexity index is 754. The largest absolute Gasteiger partial charge is 0.493 e. The van der Waals surface area contributed by atoms with Gasteiger partial charge in [0.15, 0.2) is 5.75 Å². The smallest absolute Gasteiger partial charge is 0.187 e. The van der Waals surface area contributed by atoms with E-state index in [-0.39, 0.29) is 0 Å². The number of hydrogen-bond acceptors (Lipinski definition) is 5. The maximum atomic E-state index is 6.40. The third-order valence-electron chi connectivity index (χ3n) is 5.22. The minimum atomic E-state index is 0.310. The van der Waals surface area contributed by atoms with Crippen LogP contribution >= 0.6 is 23.2 Å². The van der Waals surface area contributed by atoms with Crippen LogP contribution in [0.5, 0.6) is 11.5 Å². The zero-order valence-corrected chi connectivity index (χ0v) is 21.5. The highest BCUT2D eigenvalue weighted by Gasteiger charge is 2.14. The third-order valence-corrected chi connectivity index (χ3v) is 5.78. The number of anilines is 1. The molecule has 0 aliphatic heterocycles. The van der Waals surface area contributed by atoms with Gasteiger partial charge in [-0.05, 0) is 31.1 Å². The maximum absolute atomic E-state index is 6.40. The molecule has 7 heteroatoms. The number of ether oxygens (including phenoxy) is 1. The molecule has 33 heavy (non-hydrogen) atoms. The number of halogens is 2. The molecule has 0 unspecified atom stereocenters. The number of hydrogen-bond donors (Lipinski definition) is 1. The van der Waals surface area contributed by atoms with Crippen molar-refractivity contribution in [3.8, 4) is 11.5 Å². The zero-order chi connectivity index (χ0) is 23.7. The Morgan fingerprint density at radius 3 is 1.94 bits per heavy atom. The Labute approximate surface area is 209 Å². The molecule has 0 aliphatic carbocycles. The minimum absolute atomic E-state index is 0.310. The van der Waals surface area contributed by atoms with E-state index in [9.17, 15) is 0 Å². The van der Waals surface area contributed by atoms with E-state index in [0.29, 0.717) is 34.8 Å². The first-order valence-corrected chi connectivity index (χ1v) is 12.9. The van der Waals surface area contributed by atoms with E-state index in [1.54, 1.807) is 12.1 Å². The monoisotopic (exact) mass is 496 g/mol. The fourth-order valence-electron chi connectivity index (χ4n) is 3.43. The van der Waals surface area contributed by atoms with Crippen molar-refractivity contribution in [2.45, 2.75) is 78.1 Å². The van der Waals surface area contributed by atoms with Crippen molar-refractivity contribution >= 4 is 28.9 Å². The van der Waals surface area contributed by atoms with Crippen molar-refractivity contribution in [1.29, 1.82) is 0 Å². The molecule has 0 saturated heterocycles. The van der Waals surface area contributed by atoms with Gasteiger partial charge in [-0.2, -0.15) is 5.17 Å². The standard InChI is InChI=1S/C26H38Cl2N2O3/c1-3-5-6-7-8-9-10-11-12-16-19-31-23-20-24(27)26(25(28)21-23)33-29-30(32-4-2)22-17-14-13-15-18-22/h13-15,17-18,20-21,29H,3-12,16,19H2,1-2H3. The summed E-state index contributed by atoms with van der Waals surface area (Å²) in [4.78, 5) is 11.2. The molecule has 1 N–H and O–H groups in total. The van der Waals surface area contributed by atoms with Gasteiger partial charge in [0.25, 0.3) is 0 Å². The lowest BCUT2D eigenvalue weighted by Crippen LogP contribution is -2.40. The highest BCUT2D eigenvalue weighted by Crippen LogP contribution is 2.36. The summed E-state index contributed by atoms with van der Waals surface area (Å²) in [5, 5.41) is 2.14. The van der Waals surface area contributed by atoms with E-state index in [1.807, 2.05) is 37.3 Å². The fraction of sp³-hybridized carbons (Fsp3) is 0.538. The first-order chi connectivity index (χ1) is 16.2. The van der Waals surface area contributed by atoms with Gasteiger partial charge in [0, 0.05) is 12.1 Å². The summed E-state index contributed by atoms with van der Waals surface area (Å²) in [5.41, 5.74) is 3.53. The highest BCUT2D eigenvalue weighted by atomic mass is 35.5. The SMILES string of the molecule is CCCCCCCCCCCCOc1cc(Cl)c(ONN(OCC)c2ccccc2)c(Cl)c1. The molecule has 2 rings (SSSR count). The number of hydrazine groups is 1. The second-order valence-corrected chi connectivity index (χ2v) is 8.80. The van der Waals surface area contributed by atoms with Crippen molar-refractivity contribution in [3.05, 3.63) is 52.5 Å². The van der Waals surface area contributed by atoms with Crippen molar-refractivity contribution in [2.75, 3.05) is 18.4 Å². The lowest BCUT2D eigenvalue weighted by atomic mass is 10.1. The molecular weight excluding hydrogens is 459 g/mol. The van der Waals surface area contributed by atoms with Crippen molar-refractivity contribution in [2.24, 2.45) is 0 Å². The van der Waals surface area contributed by atoms with Gasteiger partial charge >= 0.3 is 0 Å². The molecule has 0 saturated carbocycles. The number of unbranched alkanes of at least 4 members (excludes halogenated alkanes) is 9. The van der Waals surface area contributed by atoms with Gasteiger partial charge in [-0.15, -0.1) is 0 Å². The molecule has 5 nitrogen and oxygen atoms in total. The van der Waals surface area contributed by atoms with E-state index < -0.39 is 0 Å². The Balaban J connectivity index is 1.71. The van der Waals surface area contributed by atoms with Crippen LogP contribution in [0.4, 0.5) is 5.69 Å². The van der Waals surface area contributed by atoms with Gasteiger partial charge in [0.1, 0.15) is 5.75 Å². The summed E-state index contributed by atoms with van der Waals surface area (Å²) in [6.45, 7) is 5.25. The van der Waals surface area contributed by atoms with Crippen LogP contribution in [-0.4, -0.2) is 13.2 Å². The maximum Gasteiger partial charge on any atom is 0.187 e. The molecule has 184 valence electrons. The summed E-state index contributed by atoms with van der Waals surface area (Å²) in [6, 6.07) is 13.0. The lowest BCUT2D eigenvalue weighted by Gasteiger charge is -2.23. The summed E-state index contributed by atoms with van der Waals surface area (Å²) in [6.07, 6.45) is 12.9. The van der Waals surface area contributed by atoms with Crippen LogP contribution in [0.3, 0.4) is 0 Å². The number of rotatable bonds is 18. The van der Waals surface area contributed by atoms with Crippen LogP contribution in [0, 0.1) is 0 Å². The van der Waals surface area contributed by atoms with Crippen molar-refractivity contribution in [3.63, 3.8) is 0 Å². The molecule has 0 amide bonds.